The molecule has 112 valence electrons. The van der Waals surface area contributed by atoms with Crippen molar-refractivity contribution in [3.8, 4) is 0 Å². The zero-order valence-electron chi connectivity index (χ0n) is 12.9. The minimum Gasteiger partial charge on any atom is -0.399 e. The van der Waals surface area contributed by atoms with E-state index in [1.807, 2.05) is 48.5 Å². The molecule has 3 heteroatoms. The molecule has 3 nitrogen and oxygen atoms in total. The fourth-order valence-electron chi connectivity index (χ4n) is 2.91. The predicted molar refractivity (Wildman–Crippen MR) is 90.5 cm³/mol. The number of anilines is 1. The quantitative estimate of drug-likeness (QED) is 0.506. The predicted octanol–water partition coefficient (Wildman–Crippen LogP) is 3.42. The molecule has 1 aliphatic rings. The van der Waals surface area contributed by atoms with E-state index in [0.717, 1.165) is 23.4 Å². The molecule has 0 amide bonds. The second kappa shape index (κ2) is 5.34. The summed E-state index contributed by atoms with van der Waals surface area (Å²) in [4.78, 5) is 12.5. The zero-order valence-corrected chi connectivity index (χ0v) is 12.9. The fourth-order valence-corrected chi connectivity index (χ4v) is 2.91. The highest BCUT2D eigenvalue weighted by Gasteiger charge is 2.28. The molecule has 0 aliphatic carbocycles. The lowest BCUT2D eigenvalue weighted by atomic mass is 9.85. The minimum atomic E-state index is -0.108. The number of allylic oxidation sites excluding steroid dienone is 1. The minimum absolute atomic E-state index is 0.00331. The molecule has 2 aromatic carbocycles. The van der Waals surface area contributed by atoms with Gasteiger partial charge in [0.1, 0.15) is 0 Å². The molecular weight excluding hydrogens is 272 g/mol. The van der Waals surface area contributed by atoms with Crippen molar-refractivity contribution in [2.24, 2.45) is 0 Å². The van der Waals surface area contributed by atoms with Gasteiger partial charge in [-0.05, 0) is 38.0 Å². The fraction of sp³-hybridized carbons (Fsp3) is 0.211. The van der Waals surface area contributed by atoms with Crippen molar-refractivity contribution in [2.75, 3.05) is 5.73 Å². The van der Waals surface area contributed by atoms with Crippen LogP contribution in [0.25, 0.3) is 5.70 Å². The molecule has 0 aromatic heterocycles. The van der Waals surface area contributed by atoms with Crippen LogP contribution in [0.15, 0.2) is 54.6 Å². The highest BCUT2D eigenvalue weighted by atomic mass is 16.1. The maximum Gasteiger partial charge on any atom is 0.187 e. The van der Waals surface area contributed by atoms with E-state index in [4.69, 9.17) is 5.73 Å². The highest BCUT2D eigenvalue weighted by molar-refractivity contribution is 6.08. The number of carbonyl (C=O) groups is 1. The molecule has 0 radical (unpaired) electrons. The van der Waals surface area contributed by atoms with Crippen LogP contribution in [-0.2, 0) is 6.42 Å². The lowest BCUT2D eigenvalue weighted by molar-refractivity contribution is 0.104. The van der Waals surface area contributed by atoms with E-state index in [9.17, 15) is 4.79 Å². The van der Waals surface area contributed by atoms with E-state index in [-0.39, 0.29) is 11.3 Å². The van der Waals surface area contributed by atoms with E-state index in [2.05, 4.69) is 19.2 Å². The number of benzene rings is 2. The molecule has 2 aromatic rings. The molecule has 1 heterocycles. The van der Waals surface area contributed by atoms with E-state index in [1.54, 1.807) is 6.08 Å². The Kier molecular flexibility index (Phi) is 3.49. The smallest absolute Gasteiger partial charge is 0.187 e. The molecule has 3 N–H and O–H groups in total. The van der Waals surface area contributed by atoms with Gasteiger partial charge in [0, 0.05) is 34.1 Å². The van der Waals surface area contributed by atoms with Gasteiger partial charge in [0.25, 0.3) is 0 Å². The molecule has 0 spiro atoms. The first-order valence-electron chi connectivity index (χ1n) is 7.43. The van der Waals surface area contributed by atoms with E-state index < -0.39 is 0 Å². The summed E-state index contributed by atoms with van der Waals surface area (Å²) in [5.74, 6) is 0.00331. The average molecular weight is 292 g/mol. The van der Waals surface area contributed by atoms with Crippen molar-refractivity contribution in [1.82, 2.24) is 5.32 Å². The number of carbonyl (C=O) groups excluding carboxylic acids is 1. The van der Waals surface area contributed by atoms with Crippen LogP contribution in [0.2, 0.25) is 0 Å². The molecular formula is C19H20N2O. The van der Waals surface area contributed by atoms with Crippen LogP contribution < -0.4 is 11.1 Å². The number of hydrogen-bond acceptors (Lipinski definition) is 3. The number of rotatable bonds is 2. The number of nitrogens with two attached hydrogens (primary N) is 1. The van der Waals surface area contributed by atoms with Crippen LogP contribution in [0.1, 0.15) is 35.3 Å². The summed E-state index contributed by atoms with van der Waals surface area (Å²) < 4.78 is 0. The van der Waals surface area contributed by atoms with Crippen molar-refractivity contribution in [1.29, 1.82) is 0 Å². The molecule has 0 bridgehead atoms. The van der Waals surface area contributed by atoms with Crippen molar-refractivity contribution in [3.05, 3.63) is 71.3 Å². The second-order valence-corrected chi connectivity index (χ2v) is 6.39. The summed E-state index contributed by atoms with van der Waals surface area (Å²) in [6, 6.07) is 15.2. The van der Waals surface area contributed by atoms with Crippen LogP contribution in [0.3, 0.4) is 0 Å². The average Bonchev–Trinajstić information content (AvgIpc) is 2.46. The van der Waals surface area contributed by atoms with Gasteiger partial charge >= 0.3 is 0 Å². The summed E-state index contributed by atoms with van der Waals surface area (Å²) in [6.45, 7) is 4.25. The van der Waals surface area contributed by atoms with Gasteiger partial charge in [-0.15, -0.1) is 0 Å². The number of nitrogens with one attached hydrogen (secondary N) is 1. The third-order valence-electron chi connectivity index (χ3n) is 3.86. The summed E-state index contributed by atoms with van der Waals surface area (Å²) in [6.07, 6.45) is 2.56. The van der Waals surface area contributed by atoms with Crippen LogP contribution in [0.4, 0.5) is 5.69 Å². The highest BCUT2D eigenvalue weighted by Crippen LogP contribution is 2.31. The van der Waals surface area contributed by atoms with Crippen LogP contribution in [0.5, 0.6) is 0 Å². The van der Waals surface area contributed by atoms with Crippen molar-refractivity contribution >= 4 is 17.2 Å². The maximum atomic E-state index is 12.5. The van der Waals surface area contributed by atoms with E-state index >= 15 is 0 Å². The summed E-state index contributed by atoms with van der Waals surface area (Å²) >= 11 is 0. The Labute approximate surface area is 130 Å². The van der Waals surface area contributed by atoms with Gasteiger partial charge in [-0.2, -0.15) is 0 Å². The Bertz CT molecular complexity index is 745. The van der Waals surface area contributed by atoms with E-state index in [1.165, 1.54) is 5.56 Å². The van der Waals surface area contributed by atoms with Gasteiger partial charge in [0.15, 0.2) is 5.78 Å². The topological polar surface area (TPSA) is 55.1 Å². The number of ketones is 1. The molecule has 3 rings (SSSR count). The largest absolute Gasteiger partial charge is 0.399 e. The SMILES string of the molecule is CC1(C)Cc2cc(N)ccc2C(=CC(=O)c2ccccc2)N1. The maximum absolute atomic E-state index is 12.5. The number of nitrogen functional groups attached to an aromatic ring is 1. The van der Waals surface area contributed by atoms with Crippen LogP contribution >= 0.6 is 0 Å². The molecule has 0 atom stereocenters. The van der Waals surface area contributed by atoms with Gasteiger partial charge < -0.3 is 11.1 Å². The first-order chi connectivity index (χ1) is 10.4. The number of hydrogen-bond donors (Lipinski definition) is 2. The Morgan fingerprint density at radius 1 is 1.18 bits per heavy atom. The first kappa shape index (κ1) is 14.4. The molecule has 0 unspecified atom stereocenters. The van der Waals surface area contributed by atoms with Gasteiger partial charge in [0.05, 0.1) is 0 Å². The Morgan fingerprint density at radius 3 is 2.64 bits per heavy atom. The van der Waals surface area contributed by atoms with Crippen molar-refractivity contribution in [2.45, 2.75) is 25.8 Å². The van der Waals surface area contributed by atoms with Gasteiger partial charge in [-0.25, -0.2) is 0 Å². The standard InChI is InChI=1S/C19H20N2O/c1-19(2)12-14-10-15(20)8-9-16(14)17(21-19)11-18(22)13-6-4-3-5-7-13/h3-11,21H,12,20H2,1-2H3. The van der Waals surface area contributed by atoms with Gasteiger partial charge in [-0.3, -0.25) is 4.79 Å². The lowest BCUT2D eigenvalue weighted by Gasteiger charge is -2.35. The third kappa shape index (κ3) is 2.89. The van der Waals surface area contributed by atoms with Crippen molar-refractivity contribution in [3.63, 3.8) is 0 Å². The Balaban J connectivity index is 2.03. The molecule has 0 saturated carbocycles. The van der Waals surface area contributed by atoms with Gasteiger partial charge in [-0.1, -0.05) is 36.4 Å². The normalized spacial score (nSPS) is 17.6. The second-order valence-electron chi connectivity index (χ2n) is 6.39. The summed E-state index contributed by atoms with van der Waals surface area (Å²) in [7, 11) is 0. The summed E-state index contributed by atoms with van der Waals surface area (Å²) in [5, 5.41) is 3.47. The van der Waals surface area contributed by atoms with Crippen LogP contribution in [-0.4, -0.2) is 11.3 Å². The summed E-state index contributed by atoms with van der Waals surface area (Å²) in [5.41, 5.74) is 10.3. The van der Waals surface area contributed by atoms with Crippen molar-refractivity contribution < 1.29 is 4.79 Å². The van der Waals surface area contributed by atoms with Gasteiger partial charge in [0.2, 0.25) is 0 Å². The first-order valence-corrected chi connectivity index (χ1v) is 7.43. The molecule has 0 fully saturated rings. The Morgan fingerprint density at radius 2 is 1.91 bits per heavy atom. The zero-order chi connectivity index (χ0) is 15.7. The molecule has 22 heavy (non-hydrogen) atoms. The third-order valence-corrected chi connectivity index (χ3v) is 3.86. The van der Waals surface area contributed by atoms with E-state index in [0.29, 0.717) is 5.56 Å². The lowest BCUT2D eigenvalue weighted by Crippen LogP contribution is -2.43. The number of fused-ring (bicyclic) bond motifs is 1. The Hall–Kier alpha value is -2.55. The monoisotopic (exact) mass is 292 g/mol. The molecule has 0 saturated heterocycles. The molecule has 1 aliphatic heterocycles. The van der Waals surface area contributed by atoms with Crippen LogP contribution in [0, 0.1) is 0 Å².